The zero-order chi connectivity index (χ0) is 37.7. The fraction of sp³-hybridized carbons (Fsp3) is 0.826. The Hall–Kier alpha value is -0.469. The number of fused-ring (bicyclic) bond motifs is 2. The average molecular weight is 753 g/mol. The molecule has 0 aliphatic heterocycles. The molecular formula is C46H84O2Si3. The molecule has 2 fully saturated rings. The van der Waals surface area contributed by atoms with Gasteiger partial charge in [-0.1, -0.05) is 142 Å². The molecule has 0 N–H and O–H groups in total. The Morgan fingerprint density at radius 3 is 1.27 bits per heavy atom. The average Bonchev–Trinajstić information content (AvgIpc) is 3.60. The molecule has 5 heteroatoms. The lowest BCUT2D eigenvalue weighted by Gasteiger charge is -2.50. The maximum Gasteiger partial charge on any atom is 0.198 e. The highest BCUT2D eigenvalue weighted by Crippen LogP contribution is 2.62. The van der Waals surface area contributed by atoms with Crippen molar-refractivity contribution in [1.82, 2.24) is 0 Å². The summed E-state index contributed by atoms with van der Waals surface area (Å²) in [5, 5.41) is 0. The molecule has 0 aromatic heterocycles. The highest BCUT2D eigenvalue weighted by molar-refractivity contribution is 6.81. The van der Waals surface area contributed by atoms with Crippen LogP contribution in [0.4, 0.5) is 0 Å². The Morgan fingerprint density at radius 2 is 0.961 bits per heavy atom. The Labute approximate surface area is 321 Å². The summed E-state index contributed by atoms with van der Waals surface area (Å²) >= 11 is 0. The minimum Gasteiger partial charge on any atom is -0.413 e. The summed E-state index contributed by atoms with van der Waals surface area (Å²) in [7, 11) is -5.61. The van der Waals surface area contributed by atoms with E-state index in [1.165, 1.54) is 76.3 Å². The highest BCUT2D eigenvalue weighted by atomic mass is 28.4. The molecule has 0 aromatic rings. The van der Waals surface area contributed by atoms with Gasteiger partial charge in [0.2, 0.25) is 0 Å². The third-order valence-corrected chi connectivity index (χ3v) is 31.9. The van der Waals surface area contributed by atoms with E-state index in [4.69, 9.17) is 8.85 Å². The Morgan fingerprint density at radius 1 is 0.608 bits per heavy atom. The molecule has 0 amide bonds. The normalized spacial score (nSPS) is 30.2. The molecule has 292 valence electrons. The van der Waals surface area contributed by atoms with Crippen LogP contribution in [0.25, 0.3) is 0 Å². The van der Waals surface area contributed by atoms with E-state index >= 15 is 0 Å². The Kier molecular flexibility index (Phi) is 15.6. The van der Waals surface area contributed by atoms with E-state index in [0.29, 0.717) is 46.2 Å². The molecule has 0 bridgehead atoms. The van der Waals surface area contributed by atoms with Crippen LogP contribution in [0.3, 0.4) is 0 Å². The minimum absolute atomic E-state index is 0.418. The van der Waals surface area contributed by atoms with Gasteiger partial charge < -0.3 is 8.85 Å². The summed E-state index contributed by atoms with van der Waals surface area (Å²) in [5.74, 6) is 2.78. The minimum atomic E-state index is -1.93. The van der Waals surface area contributed by atoms with Crippen molar-refractivity contribution in [2.75, 3.05) is 0 Å². The van der Waals surface area contributed by atoms with Crippen molar-refractivity contribution in [3.63, 3.8) is 0 Å². The fourth-order valence-corrected chi connectivity index (χ4v) is 28.5. The van der Waals surface area contributed by atoms with Gasteiger partial charge in [0, 0.05) is 11.8 Å². The summed E-state index contributed by atoms with van der Waals surface area (Å²) < 4.78 is 15.5. The van der Waals surface area contributed by atoms with Crippen molar-refractivity contribution in [2.45, 2.75) is 217 Å². The van der Waals surface area contributed by atoms with E-state index < -0.39 is 24.7 Å². The SMILES string of the molecule is C=CCCCC[Si](OC1CCCC2C1C=C(C)C2[Si](C)(C)C1C(C)=CC2C(O[Si](CCCCC=C)(C(C)C)C(C)C)CCCC21)(C(C)C)C(C)C. The number of unbranched alkanes of at least 4 members (excludes halogenated alkanes) is 4. The molecule has 4 rings (SSSR count). The van der Waals surface area contributed by atoms with E-state index in [1.807, 2.05) is 0 Å². The Balaban J connectivity index is 1.56. The van der Waals surface area contributed by atoms with Gasteiger partial charge in [-0.25, -0.2) is 0 Å². The molecule has 8 atom stereocenters. The number of allylic oxidation sites excluding steroid dienone is 4. The van der Waals surface area contributed by atoms with Crippen LogP contribution in [0.2, 0.25) is 58.4 Å². The van der Waals surface area contributed by atoms with Crippen LogP contribution < -0.4 is 0 Å². The van der Waals surface area contributed by atoms with Crippen LogP contribution in [-0.4, -0.2) is 36.9 Å². The van der Waals surface area contributed by atoms with E-state index in [0.717, 1.165) is 35.8 Å². The topological polar surface area (TPSA) is 18.5 Å². The van der Waals surface area contributed by atoms with E-state index in [9.17, 15) is 0 Å². The molecule has 0 aromatic carbocycles. The van der Waals surface area contributed by atoms with Crippen molar-refractivity contribution in [1.29, 1.82) is 0 Å². The molecule has 0 radical (unpaired) electrons. The lowest BCUT2D eigenvalue weighted by atomic mass is 9.79. The maximum absolute atomic E-state index is 7.73. The predicted octanol–water partition coefficient (Wildman–Crippen LogP) is 15.2. The quantitative estimate of drug-likeness (QED) is 0.0700. The first-order valence-corrected chi connectivity index (χ1v) is 29.7. The number of hydrogen-bond donors (Lipinski definition) is 0. The number of hydrogen-bond acceptors (Lipinski definition) is 2. The molecule has 4 aliphatic carbocycles. The predicted molar refractivity (Wildman–Crippen MR) is 234 cm³/mol. The van der Waals surface area contributed by atoms with Gasteiger partial charge in [0.1, 0.15) is 0 Å². The van der Waals surface area contributed by atoms with Crippen molar-refractivity contribution in [3.8, 4) is 0 Å². The lowest BCUT2D eigenvalue weighted by molar-refractivity contribution is 0.0675. The second kappa shape index (κ2) is 18.4. The summed E-state index contributed by atoms with van der Waals surface area (Å²) in [6.45, 7) is 38.6. The second-order valence-electron chi connectivity index (χ2n) is 19.9. The van der Waals surface area contributed by atoms with Crippen molar-refractivity contribution >= 4 is 24.7 Å². The van der Waals surface area contributed by atoms with E-state index in [-0.39, 0.29) is 0 Å². The van der Waals surface area contributed by atoms with E-state index in [2.05, 4.69) is 120 Å². The first kappa shape index (κ1) is 43.3. The van der Waals surface area contributed by atoms with Crippen LogP contribution >= 0.6 is 0 Å². The molecule has 2 saturated carbocycles. The van der Waals surface area contributed by atoms with Crippen molar-refractivity contribution < 1.29 is 8.85 Å². The monoisotopic (exact) mass is 753 g/mol. The summed E-state index contributed by atoms with van der Waals surface area (Å²) in [4.78, 5) is 0. The zero-order valence-corrected chi connectivity index (χ0v) is 38.9. The van der Waals surface area contributed by atoms with E-state index in [1.54, 1.807) is 11.1 Å². The van der Waals surface area contributed by atoms with Gasteiger partial charge >= 0.3 is 0 Å². The highest BCUT2D eigenvalue weighted by Gasteiger charge is 2.58. The largest absolute Gasteiger partial charge is 0.413 e. The van der Waals surface area contributed by atoms with Gasteiger partial charge in [-0.15, -0.1) is 13.2 Å². The summed E-state index contributed by atoms with van der Waals surface area (Å²) in [5.41, 5.74) is 7.62. The van der Waals surface area contributed by atoms with Crippen LogP contribution in [0, 0.1) is 23.7 Å². The molecule has 0 saturated heterocycles. The maximum atomic E-state index is 7.73. The second-order valence-corrected chi connectivity index (χ2v) is 34.6. The van der Waals surface area contributed by atoms with Crippen LogP contribution in [-0.2, 0) is 8.85 Å². The van der Waals surface area contributed by atoms with Crippen LogP contribution in [0.1, 0.15) is 146 Å². The smallest absolute Gasteiger partial charge is 0.198 e. The molecule has 4 aliphatic rings. The molecule has 8 unspecified atom stereocenters. The molecule has 2 nitrogen and oxygen atoms in total. The first-order valence-electron chi connectivity index (χ1n) is 22.0. The van der Waals surface area contributed by atoms with Gasteiger partial charge in [0.15, 0.2) is 16.6 Å². The zero-order valence-electron chi connectivity index (χ0n) is 35.9. The Bertz CT molecular complexity index is 1090. The van der Waals surface area contributed by atoms with Gasteiger partial charge in [-0.2, -0.15) is 0 Å². The molecule has 0 spiro atoms. The first-order chi connectivity index (χ1) is 24.1. The summed E-state index contributed by atoms with van der Waals surface area (Å²) in [6, 6.07) is 2.61. The van der Waals surface area contributed by atoms with Crippen LogP contribution in [0.15, 0.2) is 48.6 Å². The van der Waals surface area contributed by atoms with Gasteiger partial charge in [0.05, 0.1) is 20.3 Å². The van der Waals surface area contributed by atoms with Gasteiger partial charge in [-0.05, 0) is 110 Å². The van der Waals surface area contributed by atoms with Crippen LogP contribution in [0.5, 0.6) is 0 Å². The number of rotatable bonds is 20. The standard InChI is InChI=1S/C46H84O2Si3/c1-15-17-19-21-29-50(33(3)4,34(5)6)47-43-27-23-25-39-41(43)31-37(11)45(39)49(13,14)46-38(12)32-42-40(46)26-24-28-44(42)48-51(35(7)8,36(9)10)30-22-20-18-16-2/h15-16,31-36,39-46H,1-2,17-30H2,3-14H3. The molecule has 51 heavy (non-hydrogen) atoms. The molecule has 0 heterocycles. The molecular weight excluding hydrogens is 669 g/mol. The third kappa shape index (κ3) is 9.00. The van der Waals surface area contributed by atoms with Crippen molar-refractivity contribution in [3.05, 3.63) is 48.6 Å². The third-order valence-electron chi connectivity index (χ3n) is 15.4. The fourth-order valence-electron chi connectivity index (χ4n) is 13.0. The summed E-state index contributed by atoms with van der Waals surface area (Å²) in [6.07, 6.45) is 26.0. The van der Waals surface area contributed by atoms with Gasteiger partial charge in [-0.3, -0.25) is 0 Å². The van der Waals surface area contributed by atoms with Crippen molar-refractivity contribution in [2.24, 2.45) is 23.7 Å². The lowest BCUT2D eigenvalue weighted by Crippen LogP contribution is -2.52. The van der Waals surface area contributed by atoms with Gasteiger partial charge in [0.25, 0.3) is 0 Å².